The summed E-state index contributed by atoms with van der Waals surface area (Å²) in [7, 11) is 0. The molecule has 2 N–H and O–H groups in total. The molecule has 0 saturated heterocycles. The van der Waals surface area contributed by atoms with Gasteiger partial charge in [0.2, 0.25) is 0 Å². The summed E-state index contributed by atoms with van der Waals surface area (Å²) < 4.78 is 0. The number of hydrogen-bond donors (Lipinski definition) is 2. The van der Waals surface area contributed by atoms with Gasteiger partial charge >= 0.3 is 0 Å². The number of aromatic nitrogens is 1. The minimum Gasteiger partial charge on any atom is -0.300 e. The molecule has 0 radical (unpaired) electrons. The van der Waals surface area contributed by atoms with Gasteiger partial charge in [-0.25, -0.2) is 0 Å². The van der Waals surface area contributed by atoms with E-state index >= 15 is 0 Å². The van der Waals surface area contributed by atoms with Gasteiger partial charge in [-0.1, -0.05) is 30.3 Å². The Balaban J connectivity index is 1.98. The second kappa shape index (κ2) is 3.99. The fourth-order valence-corrected chi connectivity index (χ4v) is 2.71. The maximum absolute atomic E-state index is 4.07. The van der Waals surface area contributed by atoms with E-state index in [1.54, 1.807) is 0 Å². The lowest BCUT2D eigenvalue weighted by molar-refractivity contribution is 0.844. The minimum absolute atomic E-state index is 0.948. The van der Waals surface area contributed by atoms with Crippen LogP contribution in [0.1, 0.15) is 12.0 Å². The molecule has 0 atom stereocenters. The van der Waals surface area contributed by atoms with Crippen molar-refractivity contribution in [3.63, 3.8) is 0 Å². The third-order valence-electron chi connectivity index (χ3n) is 3.64. The molecule has 92 valence electrons. The summed E-state index contributed by atoms with van der Waals surface area (Å²) in [6, 6.07) is 12.5. The Morgan fingerprint density at radius 1 is 0.895 bits per heavy atom. The molecule has 0 bridgehead atoms. The van der Waals surface area contributed by atoms with E-state index < -0.39 is 0 Å². The lowest BCUT2D eigenvalue weighted by Gasteiger charge is -2.08. The Kier molecular flexibility index (Phi) is 2.18. The maximum Gasteiger partial charge on any atom is 0.0674 e. The first-order valence-electron chi connectivity index (χ1n) is 6.39. The predicted molar refractivity (Wildman–Crippen MR) is 75.6 cm³/mol. The summed E-state index contributed by atoms with van der Waals surface area (Å²) >= 11 is 0. The summed E-state index contributed by atoms with van der Waals surface area (Å²) in [4.78, 5) is 4.07. The van der Waals surface area contributed by atoms with Crippen molar-refractivity contribution in [3.05, 3.63) is 70.4 Å². The molecule has 0 saturated carbocycles. The predicted octanol–water partition coefficient (Wildman–Crippen LogP) is 0.893. The van der Waals surface area contributed by atoms with Gasteiger partial charge < -0.3 is 0 Å². The van der Waals surface area contributed by atoms with Crippen LogP contribution in [0.5, 0.6) is 0 Å². The zero-order valence-corrected chi connectivity index (χ0v) is 10.4. The van der Waals surface area contributed by atoms with Gasteiger partial charge in [0.15, 0.2) is 0 Å². The van der Waals surface area contributed by atoms with Gasteiger partial charge in [-0.2, -0.15) is 0 Å². The lowest BCUT2D eigenvalue weighted by atomic mass is 9.97. The van der Waals surface area contributed by atoms with Crippen LogP contribution in [-0.2, 0) is 0 Å². The summed E-state index contributed by atoms with van der Waals surface area (Å²) in [6.45, 7) is 0. The molecular weight excluding hydrogens is 234 g/mol. The van der Waals surface area contributed by atoms with Crippen molar-refractivity contribution < 1.29 is 0 Å². The third kappa shape index (κ3) is 1.55. The zero-order valence-electron chi connectivity index (χ0n) is 10.4. The number of nitrogens with one attached hydrogen (secondary N) is 2. The molecule has 19 heavy (non-hydrogen) atoms. The molecule has 1 aliphatic heterocycles. The van der Waals surface area contributed by atoms with Crippen molar-refractivity contribution in [2.45, 2.75) is 6.42 Å². The molecular formula is C16H13N3. The summed E-state index contributed by atoms with van der Waals surface area (Å²) in [5.74, 6) is 0. The topological polar surface area (TPSA) is 37.0 Å². The van der Waals surface area contributed by atoms with E-state index in [0.29, 0.717) is 0 Å². The van der Waals surface area contributed by atoms with Crippen LogP contribution in [0.15, 0.2) is 54.4 Å². The monoisotopic (exact) mass is 247 g/mol. The quantitative estimate of drug-likeness (QED) is 0.786. The SMILES string of the molecule is C1=c2ccccc2=C2NNC(c3ccncc3)=C2C1. The van der Waals surface area contributed by atoms with Gasteiger partial charge in [0.1, 0.15) is 0 Å². The molecule has 0 unspecified atom stereocenters. The molecule has 0 fully saturated rings. The Morgan fingerprint density at radius 2 is 1.68 bits per heavy atom. The second-order valence-electron chi connectivity index (χ2n) is 4.71. The highest BCUT2D eigenvalue weighted by molar-refractivity contribution is 5.86. The maximum atomic E-state index is 4.07. The largest absolute Gasteiger partial charge is 0.300 e. The molecule has 2 aromatic rings. The number of hydrogen-bond acceptors (Lipinski definition) is 3. The van der Waals surface area contributed by atoms with Gasteiger partial charge in [0, 0.05) is 28.7 Å². The Bertz CT molecular complexity index is 788. The second-order valence-corrected chi connectivity index (χ2v) is 4.71. The smallest absolute Gasteiger partial charge is 0.0674 e. The third-order valence-corrected chi connectivity index (χ3v) is 3.64. The first kappa shape index (κ1) is 10.4. The molecule has 2 aliphatic rings. The number of nitrogens with zero attached hydrogens (tertiary/aromatic N) is 1. The molecule has 2 heterocycles. The number of rotatable bonds is 1. The van der Waals surface area contributed by atoms with E-state index in [1.807, 2.05) is 24.5 Å². The van der Waals surface area contributed by atoms with E-state index in [0.717, 1.165) is 12.1 Å². The van der Waals surface area contributed by atoms with Crippen molar-refractivity contribution in [2.24, 2.45) is 0 Å². The van der Waals surface area contributed by atoms with E-state index in [4.69, 9.17) is 0 Å². The van der Waals surface area contributed by atoms with Crippen molar-refractivity contribution in [1.82, 2.24) is 15.8 Å². The van der Waals surface area contributed by atoms with Crippen LogP contribution in [0.4, 0.5) is 0 Å². The first-order valence-corrected chi connectivity index (χ1v) is 6.39. The normalized spacial score (nSPS) is 16.1. The molecule has 3 heteroatoms. The average Bonchev–Trinajstić information content (AvgIpc) is 2.92. The highest BCUT2D eigenvalue weighted by Crippen LogP contribution is 2.28. The van der Waals surface area contributed by atoms with Gasteiger partial charge in [-0.05, 0) is 23.8 Å². The van der Waals surface area contributed by atoms with Crippen molar-refractivity contribution in [1.29, 1.82) is 0 Å². The fourth-order valence-electron chi connectivity index (χ4n) is 2.71. The highest BCUT2D eigenvalue weighted by Gasteiger charge is 2.21. The van der Waals surface area contributed by atoms with Crippen molar-refractivity contribution in [3.8, 4) is 0 Å². The van der Waals surface area contributed by atoms with Crippen LogP contribution < -0.4 is 21.3 Å². The molecule has 0 spiro atoms. The molecule has 4 rings (SSSR count). The van der Waals surface area contributed by atoms with Crippen molar-refractivity contribution in [2.75, 3.05) is 0 Å². The lowest BCUT2D eigenvalue weighted by Crippen LogP contribution is -2.34. The molecule has 1 aromatic carbocycles. The van der Waals surface area contributed by atoms with Crippen LogP contribution >= 0.6 is 0 Å². The highest BCUT2D eigenvalue weighted by atomic mass is 15.4. The van der Waals surface area contributed by atoms with Crippen molar-refractivity contribution >= 4 is 17.5 Å². The Morgan fingerprint density at radius 3 is 2.58 bits per heavy atom. The van der Waals surface area contributed by atoms with Crippen LogP contribution in [0.3, 0.4) is 0 Å². The molecule has 0 amide bonds. The summed E-state index contributed by atoms with van der Waals surface area (Å²) in [5, 5.41) is 2.56. The molecule has 1 aromatic heterocycles. The first-order chi connectivity index (χ1) is 9.43. The van der Waals surface area contributed by atoms with Crippen LogP contribution in [0.2, 0.25) is 0 Å². The van der Waals surface area contributed by atoms with Crippen LogP contribution in [-0.4, -0.2) is 4.98 Å². The van der Waals surface area contributed by atoms with Gasteiger partial charge in [0.05, 0.1) is 11.4 Å². The summed E-state index contributed by atoms with van der Waals surface area (Å²) in [6.07, 6.45) is 6.88. The van der Waals surface area contributed by atoms with E-state index in [2.05, 4.69) is 46.2 Å². The number of pyridine rings is 1. The minimum atomic E-state index is 0.948. The molecule has 1 aliphatic carbocycles. The standard InChI is InChI=1S/C16H13N3/c1-2-4-13-11(3-1)5-6-14-15(18-19-16(13)14)12-7-9-17-10-8-12/h1-5,7-10,18-19H,6H2. The Labute approximate surface area is 111 Å². The number of hydrazine groups is 1. The Hall–Kier alpha value is -2.55. The fraction of sp³-hybridized carbons (Fsp3) is 0.0625. The van der Waals surface area contributed by atoms with Gasteiger partial charge in [-0.3, -0.25) is 15.8 Å². The average molecular weight is 247 g/mol. The van der Waals surface area contributed by atoms with E-state index in [1.165, 1.54) is 27.3 Å². The molecule has 3 nitrogen and oxygen atoms in total. The van der Waals surface area contributed by atoms with E-state index in [-0.39, 0.29) is 0 Å². The van der Waals surface area contributed by atoms with Gasteiger partial charge in [0.25, 0.3) is 0 Å². The summed E-state index contributed by atoms with van der Waals surface area (Å²) in [5.41, 5.74) is 11.5. The van der Waals surface area contributed by atoms with Crippen LogP contribution in [0.25, 0.3) is 17.5 Å². The van der Waals surface area contributed by atoms with E-state index in [9.17, 15) is 0 Å². The van der Waals surface area contributed by atoms with Crippen LogP contribution in [0, 0.1) is 0 Å². The zero-order chi connectivity index (χ0) is 12.7. The number of benzene rings is 1. The number of fused-ring (bicyclic) bond motifs is 2. The van der Waals surface area contributed by atoms with Gasteiger partial charge in [-0.15, -0.1) is 0 Å².